The predicted molar refractivity (Wildman–Crippen MR) is 75.7 cm³/mol. The number of esters is 1. The highest BCUT2D eigenvalue weighted by molar-refractivity contribution is 9.10. The summed E-state index contributed by atoms with van der Waals surface area (Å²) in [6, 6.07) is 7.02. The Kier molecular flexibility index (Phi) is 6.52. The van der Waals surface area contributed by atoms with Crippen LogP contribution in [0.15, 0.2) is 50.4 Å². The van der Waals surface area contributed by atoms with Crippen molar-refractivity contribution in [1.29, 1.82) is 0 Å². The van der Waals surface area contributed by atoms with Gasteiger partial charge < -0.3 is 9.84 Å². The van der Waals surface area contributed by atoms with Crippen molar-refractivity contribution in [3.63, 3.8) is 0 Å². The molecule has 0 aromatic heterocycles. The summed E-state index contributed by atoms with van der Waals surface area (Å²) in [5.41, 5.74) is 0.232. The largest absolute Gasteiger partial charge is 0.508 e. The molecule has 0 radical (unpaired) electrons. The Morgan fingerprint density at radius 1 is 1.53 bits per heavy atom. The monoisotopic (exact) mass is 346 g/mol. The summed E-state index contributed by atoms with van der Waals surface area (Å²) in [7, 11) is 0. The Bertz CT molecular complexity index is 517. The lowest BCUT2D eigenvalue weighted by Crippen LogP contribution is -2.09. The maximum Gasteiger partial charge on any atom is 0.362 e. The molecule has 0 unspecified atom stereocenters. The average Bonchev–Trinajstić information content (AvgIpc) is 2.39. The van der Waals surface area contributed by atoms with Crippen LogP contribution >= 0.6 is 27.5 Å². The minimum atomic E-state index is -0.764. The van der Waals surface area contributed by atoms with Crippen LogP contribution in [-0.2, 0) is 9.53 Å². The van der Waals surface area contributed by atoms with Crippen LogP contribution in [0.25, 0.3) is 0 Å². The minimum absolute atomic E-state index is 0.171. The van der Waals surface area contributed by atoms with Crippen molar-refractivity contribution < 1.29 is 14.6 Å². The molecule has 1 rings (SSSR count). The number of aliphatic hydroxyl groups is 1. The van der Waals surface area contributed by atoms with Crippen LogP contribution in [0.3, 0.4) is 0 Å². The van der Waals surface area contributed by atoms with Gasteiger partial charge in [0, 0.05) is 4.47 Å². The summed E-state index contributed by atoms with van der Waals surface area (Å²) in [5.74, 6) is -1.38. The molecule has 1 N–H and O–H groups in total. The molecular weight excluding hydrogens is 336 g/mol. The summed E-state index contributed by atoms with van der Waals surface area (Å²) in [5, 5.41) is 17.1. The molecule has 0 atom stereocenters. The highest BCUT2D eigenvalue weighted by atomic mass is 79.9. The van der Waals surface area contributed by atoms with Crippen molar-refractivity contribution >= 4 is 39.2 Å². The molecule has 1 aromatic carbocycles. The van der Waals surface area contributed by atoms with Gasteiger partial charge in [-0.25, -0.2) is 4.79 Å². The van der Waals surface area contributed by atoms with Gasteiger partial charge >= 0.3 is 5.97 Å². The van der Waals surface area contributed by atoms with E-state index in [9.17, 15) is 9.90 Å². The van der Waals surface area contributed by atoms with Crippen molar-refractivity contribution in [3.8, 4) is 0 Å². The topological polar surface area (TPSA) is 71.2 Å². The number of azo groups is 1. The lowest BCUT2D eigenvalue weighted by atomic mass is 10.3. The molecule has 0 fully saturated rings. The zero-order chi connectivity index (χ0) is 14.3. The van der Waals surface area contributed by atoms with Crippen LogP contribution in [-0.4, -0.2) is 23.6 Å². The number of aliphatic hydroxyl groups excluding tert-OH is 1. The van der Waals surface area contributed by atoms with Crippen LogP contribution in [0.1, 0.15) is 6.92 Å². The van der Waals surface area contributed by atoms with E-state index in [1.807, 2.05) is 6.07 Å². The molecule has 0 aliphatic carbocycles. The standard InChI is InChI=1S/C12H12BrClN2O3/c1-2-19-12(18)11(10(17)7-14)16-15-9-5-3-4-8(13)6-9/h3-6,17H,2,7H2,1H3/b11-10+,16-15?. The number of carbonyl (C=O) groups excluding carboxylic acids is 1. The third-order valence-corrected chi connectivity index (χ3v) is 2.69. The maximum absolute atomic E-state index is 11.6. The number of benzene rings is 1. The summed E-state index contributed by atoms with van der Waals surface area (Å²) >= 11 is 8.76. The molecule has 102 valence electrons. The number of ether oxygens (including phenoxy) is 1. The number of carbonyl (C=O) groups is 1. The number of nitrogens with zero attached hydrogens (tertiary/aromatic N) is 2. The van der Waals surface area contributed by atoms with Gasteiger partial charge in [0.25, 0.3) is 0 Å². The van der Waals surface area contributed by atoms with E-state index in [0.717, 1.165) is 4.47 Å². The predicted octanol–water partition coefficient (Wildman–Crippen LogP) is 4.10. The van der Waals surface area contributed by atoms with E-state index in [1.54, 1.807) is 25.1 Å². The number of hydrogen-bond donors (Lipinski definition) is 1. The molecule has 0 saturated carbocycles. The van der Waals surface area contributed by atoms with E-state index >= 15 is 0 Å². The molecule has 0 saturated heterocycles. The van der Waals surface area contributed by atoms with Crippen molar-refractivity contribution in [2.24, 2.45) is 10.2 Å². The van der Waals surface area contributed by atoms with Crippen molar-refractivity contribution in [2.45, 2.75) is 6.92 Å². The molecule has 0 bridgehead atoms. The van der Waals surface area contributed by atoms with Gasteiger partial charge in [0.15, 0.2) is 0 Å². The third kappa shape index (κ3) is 5.00. The minimum Gasteiger partial charge on any atom is -0.508 e. The fourth-order valence-electron chi connectivity index (χ4n) is 1.13. The smallest absolute Gasteiger partial charge is 0.362 e. The highest BCUT2D eigenvalue weighted by Gasteiger charge is 2.15. The SMILES string of the molecule is CCOC(=O)/C(N=Nc1cccc(Br)c1)=C(\O)CCl. The van der Waals surface area contributed by atoms with Crippen LogP contribution in [0.5, 0.6) is 0 Å². The van der Waals surface area contributed by atoms with E-state index < -0.39 is 5.97 Å². The first-order valence-electron chi connectivity index (χ1n) is 5.41. The van der Waals surface area contributed by atoms with E-state index in [0.29, 0.717) is 5.69 Å². The Labute approximate surface area is 124 Å². The highest BCUT2D eigenvalue weighted by Crippen LogP contribution is 2.20. The van der Waals surface area contributed by atoms with Gasteiger partial charge in [0.2, 0.25) is 5.70 Å². The normalized spacial score (nSPS) is 12.4. The molecule has 0 spiro atoms. The molecule has 5 nitrogen and oxygen atoms in total. The zero-order valence-corrected chi connectivity index (χ0v) is 12.5. The van der Waals surface area contributed by atoms with Crippen molar-refractivity contribution in [1.82, 2.24) is 0 Å². The molecule has 1 aromatic rings. The van der Waals surface area contributed by atoms with Gasteiger partial charge in [-0.1, -0.05) is 22.0 Å². The summed E-state index contributed by atoms with van der Waals surface area (Å²) in [4.78, 5) is 11.6. The van der Waals surface area contributed by atoms with Gasteiger partial charge in [-0.2, -0.15) is 5.11 Å². The Morgan fingerprint density at radius 3 is 2.84 bits per heavy atom. The summed E-state index contributed by atoms with van der Waals surface area (Å²) < 4.78 is 5.59. The van der Waals surface area contributed by atoms with E-state index in [2.05, 4.69) is 26.2 Å². The van der Waals surface area contributed by atoms with Gasteiger partial charge in [-0.15, -0.1) is 16.7 Å². The first kappa shape index (κ1) is 15.7. The van der Waals surface area contributed by atoms with Crippen LogP contribution in [0.4, 0.5) is 5.69 Å². The molecule has 0 heterocycles. The summed E-state index contributed by atoms with van der Waals surface area (Å²) in [6.07, 6.45) is 0. The second kappa shape index (κ2) is 7.91. The molecule has 0 amide bonds. The molecule has 7 heteroatoms. The lowest BCUT2D eigenvalue weighted by molar-refractivity contribution is -0.138. The second-order valence-electron chi connectivity index (χ2n) is 3.33. The Hall–Kier alpha value is -1.40. The Balaban J connectivity index is 2.99. The second-order valence-corrected chi connectivity index (χ2v) is 4.51. The third-order valence-electron chi connectivity index (χ3n) is 1.94. The molecule has 0 aliphatic rings. The Morgan fingerprint density at radius 2 is 2.26 bits per heavy atom. The summed E-state index contributed by atoms with van der Waals surface area (Å²) in [6.45, 7) is 1.82. The molecular formula is C12H12BrClN2O3. The maximum atomic E-state index is 11.6. The lowest BCUT2D eigenvalue weighted by Gasteiger charge is -2.03. The van der Waals surface area contributed by atoms with Crippen molar-refractivity contribution in [3.05, 3.63) is 40.2 Å². The number of hydrogen-bond acceptors (Lipinski definition) is 5. The first-order chi connectivity index (χ1) is 9.08. The van der Waals surface area contributed by atoms with Gasteiger partial charge in [-0.05, 0) is 25.1 Å². The zero-order valence-electron chi connectivity index (χ0n) is 10.1. The van der Waals surface area contributed by atoms with Gasteiger partial charge in [0.05, 0.1) is 18.2 Å². The van der Waals surface area contributed by atoms with Crippen LogP contribution in [0, 0.1) is 0 Å². The number of halogens is 2. The first-order valence-corrected chi connectivity index (χ1v) is 6.73. The fraction of sp³-hybridized carbons (Fsp3) is 0.250. The fourth-order valence-corrected chi connectivity index (χ4v) is 1.64. The van der Waals surface area contributed by atoms with Gasteiger partial charge in [0.1, 0.15) is 5.76 Å². The van der Waals surface area contributed by atoms with Crippen LogP contribution < -0.4 is 0 Å². The number of rotatable bonds is 5. The van der Waals surface area contributed by atoms with E-state index in [1.165, 1.54) is 0 Å². The van der Waals surface area contributed by atoms with E-state index in [4.69, 9.17) is 16.3 Å². The van der Waals surface area contributed by atoms with Gasteiger partial charge in [-0.3, -0.25) is 0 Å². The number of alkyl halides is 1. The van der Waals surface area contributed by atoms with Crippen molar-refractivity contribution in [2.75, 3.05) is 12.5 Å². The average molecular weight is 348 g/mol. The molecule has 19 heavy (non-hydrogen) atoms. The van der Waals surface area contributed by atoms with E-state index in [-0.39, 0.29) is 23.9 Å². The number of allylic oxidation sites excluding steroid dienone is 1. The quantitative estimate of drug-likeness (QED) is 0.286. The molecule has 0 aliphatic heterocycles. The van der Waals surface area contributed by atoms with Crippen LogP contribution in [0.2, 0.25) is 0 Å².